The zero-order chi connectivity index (χ0) is 29.8. The van der Waals surface area contributed by atoms with Crippen LogP contribution in [0.1, 0.15) is 0 Å². The number of hydrogen-bond donors (Lipinski definition) is 3. The molecule has 43 heavy (non-hydrogen) atoms. The highest BCUT2D eigenvalue weighted by molar-refractivity contribution is 6.00. The third kappa shape index (κ3) is 5.97. The van der Waals surface area contributed by atoms with Gasteiger partial charge in [-0.1, -0.05) is 36.9 Å². The zero-order valence-corrected chi connectivity index (χ0v) is 24.1. The average Bonchev–Trinajstić information content (AvgIpc) is 3.39. The number of anilines is 6. The van der Waals surface area contributed by atoms with Crippen LogP contribution in [0.15, 0.2) is 91.6 Å². The smallest absolute Gasteiger partial charge is 0.247 e. The number of methoxy groups -OCH3 is 1. The van der Waals surface area contributed by atoms with Crippen LogP contribution in [0, 0.1) is 0 Å². The second-order valence-electron chi connectivity index (χ2n) is 10.2. The Morgan fingerprint density at radius 1 is 0.930 bits per heavy atom. The van der Waals surface area contributed by atoms with E-state index >= 15 is 0 Å². The van der Waals surface area contributed by atoms with E-state index in [1.807, 2.05) is 71.3 Å². The summed E-state index contributed by atoms with van der Waals surface area (Å²) in [5.74, 6) is 1.26. The maximum Gasteiger partial charge on any atom is 0.247 e. The van der Waals surface area contributed by atoms with Gasteiger partial charge in [0.05, 0.1) is 30.4 Å². The van der Waals surface area contributed by atoms with Crippen LogP contribution >= 0.6 is 0 Å². The quantitative estimate of drug-likeness (QED) is 0.205. The molecule has 3 N–H and O–H groups in total. The molecule has 11 heteroatoms. The number of benzene rings is 3. The van der Waals surface area contributed by atoms with Crippen molar-refractivity contribution in [3.8, 4) is 11.4 Å². The number of nitrogens with zero attached hydrogens (tertiary/aromatic N) is 6. The minimum absolute atomic E-state index is 0.321. The lowest BCUT2D eigenvalue weighted by Crippen LogP contribution is -2.44. The molecule has 1 aliphatic heterocycles. The Kier molecular flexibility index (Phi) is 7.88. The number of ether oxygens (including phenoxy) is 1. The molecule has 1 amide bonds. The Morgan fingerprint density at radius 3 is 2.47 bits per heavy atom. The summed E-state index contributed by atoms with van der Waals surface area (Å²) in [4.78, 5) is 31.2. The summed E-state index contributed by atoms with van der Waals surface area (Å²) in [5, 5.41) is 9.61. The number of likely N-dealkylation sites (N-methyl/N-ethyl adjacent to an activating group) is 1. The van der Waals surface area contributed by atoms with Gasteiger partial charge in [0.1, 0.15) is 11.3 Å². The molecular weight excluding hydrogens is 542 g/mol. The van der Waals surface area contributed by atoms with Gasteiger partial charge >= 0.3 is 0 Å². The molecule has 6 rings (SSSR count). The van der Waals surface area contributed by atoms with Crippen molar-refractivity contribution in [1.29, 1.82) is 0 Å². The number of rotatable bonds is 9. The predicted octanol–water partition coefficient (Wildman–Crippen LogP) is 5.19. The van der Waals surface area contributed by atoms with Crippen LogP contribution in [0.2, 0.25) is 0 Å². The highest BCUT2D eigenvalue weighted by Crippen LogP contribution is 2.34. The van der Waals surface area contributed by atoms with Gasteiger partial charge < -0.3 is 30.5 Å². The fraction of sp³-hybridized carbons (Fsp3) is 0.188. The minimum atomic E-state index is -0.321. The fourth-order valence-corrected chi connectivity index (χ4v) is 5.02. The molecule has 2 aromatic heterocycles. The van der Waals surface area contributed by atoms with E-state index < -0.39 is 0 Å². The molecule has 1 fully saturated rings. The van der Waals surface area contributed by atoms with Crippen molar-refractivity contribution < 1.29 is 9.53 Å². The number of fused-ring (bicyclic) bond motifs is 1. The number of imidazole rings is 1. The molecule has 218 valence electrons. The van der Waals surface area contributed by atoms with Crippen molar-refractivity contribution in [2.24, 2.45) is 0 Å². The number of hydrogen-bond acceptors (Lipinski definition) is 9. The molecule has 0 radical (unpaired) electrons. The Morgan fingerprint density at radius 2 is 1.70 bits per heavy atom. The van der Waals surface area contributed by atoms with Gasteiger partial charge in [-0.2, -0.15) is 4.98 Å². The first-order chi connectivity index (χ1) is 21.0. The molecule has 0 aliphatic carbocycles. The molecule has 5 aromatic rings. The second-order valence-corrected chi connectivity index (χ2v) is 10.2. The summed E-state index contributed by atoms with van der Waals surface area (Å²) in [6.07, 6.45) is 2.91. The number of aromatic nitrogens is 4. The van der Waals surface area contributed by atoms with E-state index in [1.165, 1.54) is 6.08 Å². The van der Waals surface area contributed by atoms with Crippen molar-refractivity contribution in [2.75, 3.05) is 61.2 Å². The summed E-state index contributed by atoms with van der Waals surface area (Å²) in [6, 6.07) is 23.3. The van der Waals surface area contributed by atoms with Gasteiger partial charge in [-0.25, -0.2) is 9.97 Å². The van der Waals surface area contributed by atoms with Crippen molar-refractivity contribution in [3.63, 3.8) is 0 Å². The number of piperazine rings is 1. The van der Waals surface area contributed by atoms with Crippen LogP contribution in [0.4, 0.5) is 34.6 Å². The largest absolute Gasteiger partial charge is 0.494 e. The van der Waals surface area contributed by atoms with E-state index in [1.54, 1.807) is 13.3 Å². The van der Waals surface area contributed by atoms with Gasteiger partial charge in [-0.05, 0) is 49.5 Å². The van der Waals surface area contributed by atoms with E-state index in [0.717, 1.165) is 43.2 Å². The third-order valence-corrected chi connectivity index (χ3v) is 7.32. The lowest BCUT2D eigenvalue weighted by molar-refractivity contribution is -0.111. The summed E-state index contributed by atoms with van der Waals surface area (Å²) < 4.78 is 7.62. The van der Waals surface area contributed by atoms with Gasteiger partial charge in [0, 0.05) is 43.6 Å². The molecule has 1 saturated heterocycles. The zero-order valence-electron chi connectivity index (χ0n) is 24.1. The number of para-hydroxylation sites is 3. The number of amides is 1. The highest BCUT2D eigenvalue weighted by atomic mass is 16.5. The van der Waals surface area contributed by atoms with Gasteiger partial charge in [-0.3, -0.25) is 9.36 Å². The van der Waals surface area contributed by atoms with Gasteiger partial charge in [0.2, 0.25) is 17.8 Å². The van der Waals surface area contributed by atoms with E-state index in [-0.39, 0.29) is 5.91 Å². The summed E-state index contributed by atoms with van der Waals surface area (Å²) in [5.41, 5.74) is 5.08. The lowest BCUT2D eigenvalue weighted by Gasteiger charge is -2.34. The van der Waals surface area contributed by atoms with Crippen molar-refractivity contribution in [1.82, 2.24) is 24.4 Å². The highest BCUT2D eigenvalue weighted by Gasteiger charge is 2.20. The van der Waals surface area contributed by atoms with E-state index in [4.69, 9.17) is 14.7 Å². The van der Waals surface area contributed by atoms with Crippen LogP contribution in [0.25, 0.3) is 16.9 Å². The van der Waals surface area contributed by atoms with Crippen LogP contribution in [-0.2, 0) is 4.79 Å². The first-order valence-electron chi connectivity index (χ1n) is 14.0. The predicted molar refractivity (Wildman–Crippen MR) is 171 cm³/mol. The monoisotopic (exact) mass is 575 g/mol. The topological polar surface area (TPSA) is 112 Å². The van der Waals surface area contributed by atoms with Crippen LogP contribution < -0.4 is 25.6 Å². The molecule has 11 nitrogen and oxygen atoms in total. The molecule has 0 atom stereocenters. The molecule has 0 bridgehead atoms. The fourth-order valence-electron chi connectivity index (χ4n) is 5.02. The van der Waals surface area contributed by atoms with Crippen LogP contribution in [0.3, 0.4) is 0 Å². The number of nitrogens with one attached hydrogen (secondary N) is 3. The maximum absolute atomic E-state index is 12.3. The lowest BCUT2D eigenvalue weighted by atomic mass is 10.2. The Labute approximate surface area is 249 Å². The first-order valence-corrected chi connectivity index (χ1v) is 14.0. The van der Waals surface area contributed by atoms with Crippen molar-refractivity contribution in [3.05, 3.63) is 91.6 Å². The third-order valence-electron chi connectivity index (χ3n) is 7.32. The van der Waals surface area contributed by atoms with Crippen molar-refractivity contribution >= 4 is 51.7 Å². The van der Waals surface area contributed by atoms with E-state index in [9.17, 15) is 4.79 Å². The van der Waals surface area contributed by atoms with E-state index in [0.29, 0.717) is 40.2 Å². The number of carbonyl (C=O) groups excluding carboxylic acids is 1. The normalized spacial score (nSPS) is 13.5. The summed E-state index contributed by atoms with van der Waals surface area (Å²) in [6.45, 7) is 7.55. The van der Waals surface area contributed by atoms with Crippen LogP contribution in [-0.4, -0.2) is 70.7 Å². The molecule has 0 spiro atoms. The van der Waals surface area contributed by atoms with Crippen LogP contribution in [0.5, 0.6) is 5.75 Å². The SMILES string of the molecule is C=CC(=O)Nc1ccccc1-n1c(Nc2ccccc2)nc2cnc(Nc3ccc(N4CCN(C)CC4)cc3OC)nc21. The molecule has 3 aromatic carbocycles. The average molecular weight is 576 g/mol. The van der Waals surface area contributed by atoms with Gasteiger partial charge in [-0.15, -0.1) is 0 Å². The molecule has 0 saturated carbocycles. The standard InChI is InChI=1S/C32H33N9O2/c1-4-29(42)35-24-12-8-9-13-27(24)41-30-26(37-32(41)34-22-10-6-5-7-11-22)21-33-31(38-30)36-25-15-14-23(20-28(25)43-3)40-18-16-39(2)17-19-40/h4-15,20-21H,1,16-19H2,2-3H3,(H,34,37)(H,35,42)(H,33,36,38). The molecular formula is C32H33N9O2. The first kappa shape index (κ1) is 27.7. The van der Waals surface area contributed by atoms with E-state index in [2.05, 4.69) is 50.4 Å². The number of carbonyl (C=O) groups is 1. The molecule has 1 aliphatic rings. The second kappa shape index (κ2) is 12.2. The molecule has 0 unspecified atom stereocenters. The molecule has 3 heterocycles. The summed E-state index contributed by atoms with van der Waals surface area (Å²) >= 11 is 0. The summed E-state index contributed by atoms with van der Waals surface area (Å²) in [7, 11) is 3.80. The minimum Gasteiger partial charge on any atom is -0.494 e. The van der Waals surface area contributed by atoms with Gasteiger partial charge in [0.25, 0.3) is 0 Å². The van der Waals surface area contributed by atoms with Crippen molar-refractivity contribution in [2.45, 2.75) is 0 Å². The Bertz CT molecular complexity index is 1760. The Balaban J connectivity index is 1.39. The maximum atomic E-state index is 12.3. The van der Waals surface area contributed by atoms with Gasteiger partial charge in [0.15, 0.2) is 5.65 Å². The Hall–Kier alpha value is -5.42.